The smallest absolute Gasteiger partial charge is 0.224 e. The fraction of sp³-hybridized carbons (Fsp3) is 0.364. The molecule has 6 heteroatoms. The van der Waals surface area contributed by atoms with E-state index in [-0.39, 0.29) is 5.91 Å². The molecule has 0 aliphatic carbocycles. The molecular weight excluding hydrogens is 354 g/mol. The summed E-state index contributed by atoms with van der Waals surface area (Å²) in [6.07, 6.45) is 4.11. The third-order valence-corrected chi connectivity index (χ3v) is 4.69. The summed E-state index contributed by atoms with van der Waals surface area (Å²) in [6.45, 7) is 2.16. The molecule has 0 fully saturated rings. The van der Waals surface area contributed by atoms with Crippen LogP contribution in [0, 0.1) is 0 Å². The van der Waals surface area contributed by atoms with Crippen LogP contribution >= 0.6 is 0 Å². The zero-order valence-corrected chi connectivity index (χ0v) is 16.7. The van der Waals surface area contributed by atoms with Gasteiger partial charge in [-0.1, -0.05) is 25.5 Å². The van der Waals surface area contributed by atoms with Crippen LogP contribution in [-0.4, -0.2) is 30.1 Å². The number of hydrogen-bond acceptors (Lipinski definition) is 4. The summed E-state index contributed by atoms with van der Waals surface area (Å²) in [5.74, 6) is 2.29. The Balaban J connectivity index is 1.63. The predicted octanol–water partition coefficient (Wildman–Crippen LogP) is 4.49. The normalized spacial score (nSPS) is 10.8. The van der Waals surface area contributed by atoms with Gasteiger partial charge in [0.15, 0.2) is 11.5 Å². The summed E-state index contributed by atoms with van der Waals surface area (Å²) in [6, 6.07) is 11.4. The van der Waals surface area contributed by atoms with E-state index in [4.69, 9.17) is 9.47 Å². The van der Waals surface area contributed by atoms with Crippen LogP contribution in [0.1, 0.15) is 37.6 Å². The van der Waals surface area contributed by atoms with Crippen molar-refractivity contribution in [3.63, 3.8) is 0 Å². The summed E-state index contributed by atoms with van der Waals surface area (Å²) < 4.78 is 10.7. The lowest BCUT2D eigenvalue weighted by atomic mass is 10.1. The molecule has 1 aromatic heterocycles. The van der Waals surface area contributed by atoms with Crippen LogP contribution in [0.3, 0.4) is 0 Å². The Morgan fingerprint density at radius 3 is 2.75 bits per heavy atom. The van der Waals surface area contributed by atoms with Gasteiger partial charge in [-0.3, -0.25) is 4.79 Å². The number of carbonyl (C=O) groups is 1. The minimum Gasteiger partial charge on any atom is -0.493 e. The molecule has 0 saturated carbocycles. The van der Waals surface area contributed by atoms with Gasteiger partial charge in [-0.2, -0.15) is 0 Å². The van der Waals surface area contributed by atoms with Crippen molar-refractivity contribution in [2.75, 3.05) is 19.5 Å². The number of aromatic nitrogens is 2. The lowest BCUT2D eigenvalue weighted by Crippen LogP contribution is -2.12. The summed E-state index contributed by atoms with van der Waals surface area (Å²) in [4.78, 5) is 20.3. The number of nitrogens with one attached hydrogen (secondary N) is 2. The van der Waals surface area contributed by atoms with Gasteiger partial charge in [0.05, 0.1) is 25.3 Å². The van der Waals surface area contributed by atoms with Crippen LogP contribution in [0.5, 0.6) is 11.5 Å². The van der Waals surface area contributed by atoms with E-state index in [1.54, 1.807) is 14.2 Å². The number of amides is 1. The molecule has 6 nitrogen and oxygen atoms in total. The molecule has 0 aliphatic heterocycles. The average Bonchev–Trinajstić information content (AvgIpc) is 3.12. The number of aryl methyl sites for hydroxylation is 2. The first-order valence-electron chi connectivity index (χ1n) is 9.63. The number of anilines is 1. The molecule has 148 valence electrons. The van der Waals surface area contributed by atoms with Crippen LogP contribution in [-0.2, 0) is 17.6 Å². The van der Waals surface area contributed by atoms with Crippen LogP contribution in [0.15, 0.2) is 36.4 Å². The molecule has 0 bridgehead atoms. The number of hydrogen-bond donors (Lipinski definition) is 2. The van der Waals surface area contributed by atoms with Gasteiger partial charge in [0.1, 0.15) is 5.82 Å². The van der Waals surface area contributed by atoms with Crippen LogP contribution in [0.2, 0.25) is 0 Å². The van der Waals surface area contributed by atoms with Crippen LogP contribution < -0.4 is 14.8 Å². The van der Waals surface area contributed by atoms with Gasteiger partial charge in [0.2, 0.25) is 5.91 Å². The molecule has 3 rings (SSSR count). The monoisotopic (exact) mass is 381 g/mol. The topological polar surface area (TPSA) is 76.2 Å². The summed E-state index contributed by atoms with van der Waals surface area (Å²) >= 11 is 0. The van der Waals surface area contributed by atoms with Gasteiger partial charge in [-0.15, -0.1) is 0 Å². The lowest BCUT2D eigenvalue weighted by Gasteiger charge is -2.12. The van der Waals surface area contributed by atoms with Gasteiger partial charge in [-0.25, -0.2) is 4.98 Å². The Morgan fingerprint density at radius 2 is 2.00 bits per heavy atom. The van der Waals surface area contributed by atoms with Gasteiger partial charge >= 0.3 is 0 Å². The Bertz CT molecular complexity index is 949. The SMILES string of the molecule is CCCCc1nc2ccc(NC(=O)CCc3cccc(OC)c3OC)cc2[nH]1. The number of unbranched alkanes of at least 4 members (excludes halogenated alkanes) is 1. The minimum atomic E-state index is -0.0463. The number of rotatable bonds is 9. The predicted molar refractivity (Wildman–Crippen MR) is 111 cm³/mol. The van der Waals surface area contributed by atoms with Gasteiger partial charge in [0.25, 0.3) is 0 Å². The number of ether oxygens (including phenoxy) is 2. The number of fused-ring (bicyclic) bond motifs is 1. The lowest BCUT2D eigenvalue weighted by molar-refractivity contribution is -0.116. The largest absolute Gasteiger partial charge is 0.493 e. The molecule has 0 radical (unpaired) electrons. The molecule has 0 aliphatic rings. The maximum absolute atomic E-state index is 12.4. The summed E-state index contributed by atoms with van der Waals surface area (Å²) in [7, 11) is 3.21. The Hall–Kier alpha value is -3.02. The van der Waals surface area contributed by atoms with E-state index in [9.17, 15) is 4.79 Å². The first-order valence-corrected chi connectivity index (χ1v) is 9.63. The molecule has 2 aromatic carbocycles. The van der Waals surface area contributed by atoms with E-state index in [0.29, 0.717) is 24.3 Å². The highest BCUT2D eigenvalue weighted by molar-refractivity contribution is 5.93. The van der Waals surface area contributed by atoms with Crippen molar-refractivity contribution in [2.45, 2.75) is 39.0 Å². The van der Waals surface area contributed by atoms with Crippen molar-refractivity contribution in [1.29, 1.82) is 0 Å². The standard InChI is InChI=1S/C22H27N3O3/c1-4-5-9-20-24-17-12-11-16(14-18(17)25-20)23-21(26)13-10-15-7-6-8-19(27-2)22(15)28-3/h6-8,11-12,14H,4-5,9-10,13H2,1-3H3,(H,23,26)(H,24,25). The van der Waals surface area contributed by atoms with Crippen LogP contribution in [0.4, 0.5) is 5.69 Å². The molecular formula is C22H27N3O3. The van der Waals surface area contributed by atoms with Crippen molar-refractivity contribution in [3.05, 3.63) is 47.8 Å². The third kappa shape index (κ3) is 4.63. The van der Waals surface area contributed by atoms with E-state index in [0.717, 1.165) is 47.4 Å². The zero-order valence-electron chi connectivity index (χ0n) is 16.7. The molecule has 0 spiro atoms. The van der Waals surface area contributed by atoms with Gasteiger partial charge in [0, 0.05) is 18.5 Å². The van der Waals surface area contributed by atoms with E-state index in [2.05, 4.69) is 22.2 Å². The molecule has 0 unspecified atom stereocenters. The Morgan fingerprint density at radius 1 is 1.14 bits per heavy atom. The number of methoxy groups -OCH3 is 2. The van der Waals surface area contributed by atoms with E-state index in [1.165, 1.54) is 0 Å². The van der Waals surface area contributed by atoms with Crippen molar-refractivity contribution in [1.82, 2.24) is 9.97 Å². The Kier molecular flexibility index (Phi) is 6.53. The number of H-pyrrole nitrogens is 1. The molecule has 3 aromatic rings. The average molecular weight is 381 g/mol. The highest BCUT2D eigenvalue weighted by Crippen LogP contribution is 2.31. The molecule has 28 heavy (non-hydrogen) atoms. The number of aromatic amines is 1. The molecule has 1 amide bonds. The van der Waals surface area contributed by atoms with E-state index < -0.39 is 0 Å². The number of para-hydroxylation sites is 1. The van der Waals surface area contributed by atoms with Crippen molar-refractivity contribution in [3.8, 4) is 11.5 Å². The number of carbonyl (C=O) groups excluding carboxylic acids is 1. The first-order chi connectivity index (χ1) is 13.6. The van der Waals surface area contributed by atoms with Crippen molar-refractivity contribution < 1.29 is 14.3 Å². The fourth-order valence-electron chi connectivity index (χ4n) is 3.23. The molecule has 0 saturated heterocycles. The number of imidazole rings is 1. The summed E-state index contributed by atoms with van der Waals surface area (Å²) in [5, 5.41) is 2.96. The minimum absolute atomic E-state index is 0.0463. The molecule has 0 atom stereocenters. The third-order valence-electron chi connectivity index (χ3n) is 4.69. The maximum Gasteiger partial charge on any atom is 0.224 e. The highest BCUT2D eigenvalue weighted by atomic mass is 16.5. The first kappa shape index (κ1) is 19.7. The van der Waals surface area contributed by atoms with E-state index >= 15 is 0 Å². The molecule has 1 heterocycles. The number of nitrogens with zero attached hydrogens (tertiary/aromatic N) is 1. The number of benzene rings is 2. The highest BCUT2D eigenvalue weighted by Gasteiger charge is 2.12. The molecule has 2 N–H and O–H groups in total. The van der Waals surface area contributed by atoms with Gasteiger partial charge < -0.3 is 19.8 Å². The van der Waals surface area contributed by atoms with Crippen molar-refractivity contribution >= 4 is 22.6 Å². The van der Waals surface area contributed by atoms with Crippen LogP contribution in [0.25, 0.3) is 11.0 Å². The van der Waals surface area contributed by atoms with Crippen molar-refractivity contribution in [2.24, 2.45) is 0 Å². The second-order valence-electron chi connectivity index (χ2n) is 6.72. The van der Waals surface area contributed by atoms with Gasteiger partial charge in [-0.05, 0) is 42.7 Å². The zero-order chi connectivity index (χ0) is 19.9. The second kappa shape index (κ2) is 9.26. The summed E-state index contributed by atoms with van der Waals surface area (Å²) in [5.41, 5.74) is 3.57. The second-order valence-corrected chi connectivity index (χ2v) is 6.72. The Labute approximate surface area is 165 Å². The maximum atomic E-state index is 12.4. The quantitative estimate of drug-likeness (QED) is 0.572. The van der Waals surface area contributed by atoms with E-state index in [1.807, 2.05) is 36.4 Å². The fourth-order valence-corrected chi connectivity index (χ4v) is 3.23.